The van der Waals surface area contributed by atoms with Gasteiger partial charge in [0, 0.05) is 6.08 Å². The van der Waals surface area contributed by atoms with Crippen LogP contribution in [0.3, 0.4) is 0 Å². The van der Waals surface area contributed by atoms with Crippen molar-refractivity contribution in [3.05, 3.63) is 11.8 Å². The lowest BCUT2D eigenvalue weighted by molar-refractivity contribution is -0.138. The van der Waals surface area contributed by atoms with Gasteiger partial charge in [-0.3, -0.25) is 0 Å². The summed E-state index contributed by atoms with van der Waals surface area (Å²) < 4.78 is 9.88. The van der Waals surface area contributed by atoms with Crippen LogP contribution in [0.2, 0.25) is 13.1 Å². The third kappa shape index (κ3) is 1.60. The molecule has 1 aliphatic heterocycles. The number of esters is 1. The molecule has 0 aromatic rings. The molecule has 3 nitrogen and oxygen atoms in total. The summed E-state index contributed by atoms with van der Waals surface area (Å²) in [7, 11) is -1.13. The van der Waals surface area contributed by atoms with E-state index >= 15 is 0 Å². The van der Waals surface area contributed by atoms with E-state index in [1.165, 1.54) is 0 Å². The predicted octanol–water partition coefficient (Wildman–Crippen LogP) is 0.427. The van der Waals surface area contributed by atoms with E-state index in [0.717, 1.165) is 0 Å². The fourth-order valence-corrected chi connectivity index (χ4v) is 1.40. The topological polar surface area (TPSA) is 35.5 Å². The van der Waals surface area contributed by atoms with Gasteiger partial charge in [-0.15, -0.1) is 0 Å². The first kappa shape index (κ1) is 7.34. The van der Waals surface area contributed by atoms with E-state index in [2.05, 4.69) is 4.74 Å². The van der Waals surface area contributed by atoms with Crippen molar-refractivity contribution in [1.29, 1.82) is 0 Å². The summed E-state index contributed by atoms with van der Waals surface area (Å²) in [5.74, 6) is 0.0860. The summed E-state index contributed by atoms with van der Waals surface area (Å²) in [6, 6.07) is 0. The van der Waals surface area contributed by atoms with E-state index in [1.807, 2.05) is 13.1 Å². The number of carbonyl (C=O) groups excluding carboxylic acids is 1. The first-order chi connectivity index (χ1) is 4.70. The predicted molar refractivity (Wildman–Crippen MR) is 39.0 cm³/mol. The van der Waals surface area contributed by atoms with E-state index in [1.54, 1.807) is 6.08 Å². The van der Waals surface area contributed by atoms with Crippen molar-refractivity contribution < 1.29 is 14.0 Å². The van der Waals surface area contributed by atoms with Gasteiger partial charge in [-0.25, -0.2) is 4.79 Å². The van der Waals surface area contributed by atoms with Crippen molar-refractivity contribution >= 4 is 15.0 Å². The van der Waals surface area contributed by atoms with Crippen molar-refractivity contribution in [3.8, 4) is 0 Å². The molecule has 4 heteroatoms. The molecule has 0 aromatic heterocycles. The lowest BCUT2D eigenvalue weighted by Gasteiger charge is -2.06. The lowest BCUT2D eigenvalue weighted by Crippen LogP contribution is -2.11. The first-order valence-corrected chi connectivity index (χ1v) is 6.02. The van der Waals surface area contributed by atoms with Crippen LogP contribution in [0.5, 0.6) is 0 Å². The zero-order chi connectivity index (χ0) is 7.56. The van der Waals surface area contributed by atoms with E-state index in [4.69, 9.17) is 4.43 Å². The highest BCUT2D eigenvalue weighted by Gasteiger charge is 2.18. The standard InChI is InChI=1S/C6H10O3Si/c1-10(2)9-5-3-4-8-6(5)7/h3,10H,4H2,1-2H3. The normalized spacial score (nSPS) is 17.1. The Morgan fingerprint density at radius 3 is 2.80 bits per heavy atom. The maximum absolute atomic E-state index is 10.7. The van der Waals surface area contributed by atoms with E-state index in [0.29, 0.717) is 12.4 Å². The smallest absolute Gasteiger partial charge is 0.372 e. The third-order valence-corrected chi connectivity index (χ3v) is 1.77. The molecule has 0 amide bonds. The van der Waals surface area contributed by atoms with Crippen LogP contribution in [0.15, 0.2) is 11.8 Å². The zero-order valence-electron chi connectivity index (χ0n) is 6.09. The van der Waals surface area contributed by atoms with Crippen LogP contribution in [-0.2, 0) is 14.0 Å². The number of cyclic esters (lactones) is 1. The van der Waals surface area contributed by atoms with Gasteiger partial charge in [0.15, 0.2) is 5.76 Å². The van der Waals surface area contributed by atoms with Gasteiger partial charge in [-0.1, -0.05) is 0 Å². The minimum atomic E-state index is -1.13. The van der Waals surface area contributed by atoms with Crippen molar-refractivity contribution in [3.63, 3.8) is 0 Å². The molecular formula is C6H10O3Si. The largest absolute Gasteiger partial charge is 0.542 e. The van der Waals surface area contributed by atoms with Gasteiger partial charge in [0.05, 0.1) is 0 Å². The number of rotatable bonds is 2. The molecule has 0 saturated heterocycles. The van der Waals surface area contributed by atoms with Crippen molar-refractivity contribution in [2.24, 2.45) is 0 Å². The molecule has 10 heavy (non-hydrogen) atoms. The van der Waals surface area contributed by atoms with Gasteiger partial charge in [0.25, 0.3) is 0 Å². The van der Waals surface area contributed by atoms with Crippen LogP contribution >= 0.6 is 0 Å². The van der Waals surface area contributed by atoms with E-state index in [9.17, 15) is 4.79 Å². The fraction of sp³-hybridized carbons (Fsp3) is 0.500. The van der Waals surface area contributed by atoms with Crippen LogP contribution in [0.4, 0.5) is 0 Å². The SMILES string of the molecule is C[SiH](C)OC1=CCOC1=O. The number of ether oxygens (including phenoxy) is 1. The fourth-order valence-electron chi connectivity index (χ4n) is 0.698. The highest BCUT2D eigenvalue weighted by Crippen LogP contribution is 2.08. The molecule has 0 N–H and O–H groups in total. The number of hydrogen-bond acceptors (Lipinski definition) is 3. The van der Waals surface area contributed by atoms with E-state index < -0.39 is 9.04 Å². The molecule has 0 spiro atoms. The Morgan fingerprint density at radius 1 is 1.70 bits per heavy atom. The molecule has 0 fully saturated rings. The summed E-state index contributed by atoms with van der Waals surface area (Å²) in [4.78, 5) is 10.7. The summed E-state index contributed by atoms with van der Waals surface area (Å²) in [5, 5.41) is 0. The number of hydrogen-bond donors (Lipinski definition) is 0. The highest BCUT2D eigenvalue weighted by atomic mass is 28.3. The molecule has 56 valence electrons. The Morgan fingerprint density at radius 2 is 2.40 bits per heavy atom. The van der Waals surface area contributed by atoms with Gasteiger partial charge < -0.3 is 9.16 Å². The summed E-state index contributed by atoms with van der Waals surface area (Å²) in [6.45, 7) is 4.38. The molecule has 0 aliphatic carbocycles. The minimum Gasteiger partial charge on any atom is -0.542 e. The number of carbonyl (C=O) groups is 1. The molecule has 1 heterocycles. The van der Waals surface area contributed by atoms with Gasteiger partial charge in [0.1, 0.15) is 6.61 Å². The van der Waals surface area contributed by atoms with E-state index in [-0.39, 0.29) is 5.97 Å². The Bertz CT molecular complexity index is 174. The van der Waals surface area contributed by atoms with Crippen LogP contribution in [0.1, 0.15) is 0 Å². The molecule has 0 aromatic carbocycles. The second-order valence-corrected chi connectivity index (χ2v) is 4.67. The monoisotopic (exact) mass is 158 g/mol. The van der Waals surface area contributed by atoms with Crippen molar-refractivity contribution in [2.75, 3.05) is 6.61 Å². The molecular weight excluding hydrogens is 148 g/mol. The van der Waals surface area contributed by atoms with Crippen LogP contribution in [0.25, 0.3) is 0 Å². The molecule has 0 radical (unpaired) electrons. The first-order valence-electron chi connectivity index (χ1n) is 3.24. The molecule has 0 saturated carbocycles. The second-order valence-electron chi connectivity index (χ2n) is 2.33. The van der Waals surface area contributed by atoms with Gasteiger partial charge >= 0.3 is 5.97 Å². The second kappa shape index (κ2) is 2.87. The Labute approximate surface area is 61.4 Å². The van der Waals surface area contributed by atoms with Crippen LogP contribution in [-0.4, -0.2) is 21.6 Å². The maximum Gasteiger partial charge on any atom is 0.372 e. The summed E-state index contributed by atoms with van der Waals surface area (Å²) >= 11 is 0. The average Bonchev–Trinajstić information content (AvgIpc) is 2.15. The minimum absolute atomic E-state index is 0.318. The lowest BCUT2D eigenvalue weighted by atomic mass is 10.5. The third-order valence-electron chi connectivity index (χ3n) is 1.05. The average molecular weight is 158 g/mol. The molecule has 0 unspecified atom stereocenters. The molecule has 0 bridgehead atoms. The summed E-state index contributed by atoms with van der Waals surface area (Å²) in [5.41, 5.74) is 0. The molecule has 1 aliphatic rings. The van der Waals surface area contributed by atoms with Crippen LogP contribution < -0.4 is 0 Å². The van der Waals surface area contributed by atoms with Crippen LogP contribution in [0, 0.1) is 0 Å². The zero-order valence-corrected chi connectivity index (χ0v) is 7.24. The summed E-state index contributed by atoms with van der Waals surface area (Å²) in [6.07, 6.45) is 1.68. The van der Waals surface area contributed by atoms with Gasteiger partial charge in [-0.05, 0) is 13.1 Å². The van der Waals surface area contributed by atoms with Crippen molar-refractivity contribution in [2.45, 2.75) is 13.1 Å². The Hall–Kier alpha value is -0.773. The molecule has 0 atom stereocenters. The van der Waals surface area contributed by atoms with Gasteiger partial charge in [-0.2, -0.15) is 0 Å². The Balaban J connectivity index is 2.48. The highest BCUT2D eigenvalue weighted by molar-refractivity contribution is 6.49. The molecule has 1 rings (SSSR count). The van der Waals surface area contributed by atoms with Crippen molar-refractivity contribution in [1.82, 2.24) is 0 Å². The quantitative estimate of drug-likeness (QED) is 0.432. The van der Waals surface area contributed by atoms with Gasteiger partial charge in [0.2, 0.25) is 9.04 Å². The maximum atomic E-state index is 10.7. The Kier molecular flexibility index (Phi) is 2.11.